The van der Waals surface area contributed by atoms with E-state index in [-0.39, 0.29) is 25.6 Å². The number of rotatable bonds is 4. The van der Waals surface area contributed by atoms with Crippen LogP contribution in [0.4, 0.5) is 0 Å². The molecule has 51 heavy (non-hydrogen) atoms. The van der Waals surface area contributed by atoms with Gasteiger partial charge in [0.25, 0.3) is 0 Å². The van der Waals surface area contributed by atoms with Crippen LogP contribution in [0.5, 0.6) is 0 Å². The highest BCUT2D eigenvalue weighted by Gasteiger charge is 2.20. The lowest BCUT2D eigenvalue weighted by atomic mass is 9.99. The Morgan fingerprint density at radius 3 is 2.04 bits per heavy atom. The average Bonchev–Trinajstić information content (AvgIpc) is 4.35. The van der Waals surface area contributed by atoms with Gasteiger partial charge in [-0.25, -0.2) is 4.98 Å². The van der Waals surface area contributed by atoms with Crippen LogP contribution in [0.1, 0.15) is 35.6 Å². The Labute approximate surface area is 332 Å². The fourth-order valence-electron chi connectivity index (χ4n) is 5.87. The third-order valence-corrected chi connectivity index (χ3v) is 9.03. The molecule has 0 bridgehead atoms. The summed E-state index contributed by atoms with van der Waals surface area (Å²) in [6.07, 6.45) is 0. The number of furan rings is 1. The maximum Gasteiger partial charge on any atom is 0.238 e. The molecule has 11 aromatic rings. The molecule has 0 unspecified atom stereocenters. The lowest BCUT2D eigenvalue weighted by molar-refractivity contribution is 0.669. The molecule has 238 valence electrons. The smallest absolute Gasteiger partial charge is 0.238 e. The molecule has 6 heteroatoms. The van der Waals surface area contributed by atoms with Gasteiger partial charge in [-0.15, -0.1) is 11.3 Å². The van der Waals surface area contributed by atoms with Crippen molar-refractivity contribution in [3.63, 3.8) is 0 Å². The van der Waals surface area contributed by atoms with Crippen LogP contribution >= 0.6 is 11.3 Å². The van der Waals surface area contributed by atoms with Gasteiger partial charge in [0.05, 0.1) is 46.7 Å². The molecule has 0 N–H and O–H groups in total. The molecule has 0 radical (unpaired) electrons. The van der Waals surface area contributed by atoms with Crippen LogP contribution in [0, 0.1) is 0 Å². The molecule has 0 saturated carbocycles. The number of nitrogens with zero attached hydrogens (tertiary/aromatic N) is 4. The Kier molecular flexibility index (Phi) is 2.77. The standard InChI is InChI=1S/C45H26N4OS/c1-3-12-27(13-4-1)30-18-11-20-38-42(30)33-23-22-29(24-39(33)50-38)44-46-43(28-14-5-2-6-15-28)47-45(48-44)49-36-19-9-7-16-31(36)34-25-35-32-17-8-10-21-40(32)51-41(35)26-37(34)49/h1-26H/i1D,2D,3D,4D,5D,6D,7D,8D,9D,10D,11D,12D,13D,14D,15D,16D,17D,18D,19D,20D,21D,22D,23D,24D,25D,26D. The van der Waals surface area contributed by atoms with Crippen LogP contribution in [0.25, 0.3) is 104 Å². The highest BCUT2D eigenvalue weighted by atomic mass is 32.1. The summed E-state index contributed by atoms with van der Waals surface area (Å²) >= 11 is 0.705. The summed E-state index contributed by atoms with van der Waals surface area (Å²) in [5.74, 6) is -2.40. The molecule has 4 heterocycles. The molecule has 0 aliphatic carbocycles. The zero-order chi connectivity index (χ0) is 56.1. The Balaban J connectivity index is 1.33. The van der Waals surface area contributed by atoms with Crippen LogP contribution in [0.2, 0.25) is 0 Å². The number of benzene rings is 7. The van der Waals surface area contributed by atoms with E-state index < -0.39 is 235 Å². The topological polar surface area (TPSA) is 56.7 Å². The van der Waals surface area contributed by atoms with Crippen molar-refractivity contribution in [2.45, 2.75) is 0 Å². The summed E-state index contributed by atoms with van der Waals surface area (Å²) in [5.41, 5.74) is -4.84. The largest absolute Gasteiger partial charge is 0.456 e. The quantitative estimate of drug-likeness (QED) is 0.184. The third kappa shape index (κ3) is 4.37. The van der Waals surface area contributed by atoms with Crippen molar-refractivity contribution in [1.82, 2.24) is 19.5 Å². The molecule has 0 fully saturated rings. The second-order valence-corrected chi connectivity index (χ2v) is 11.9. The first kappa shape index (κ1) is 12.9. The third-order valence-electron chi connectivity index (χ3n) is 8.01. The summed E-state index contributed by atoms with van der Waals surface area (Å²) in [7, 11) is 0. The first-order chi connectivity index (χ1) is 36.1. The van der Waals surface area contributed by atoms with E-state index in [1.54, 1.807) is 0 Å². The van der Waals surface area contributed by atoms with E-state index in [2.05, 4.69) is 15.0 Å². The molecule has 0 spiro atoms. The van der Waals surface area contributed by atoms with Gasteiger partial charge in [0.2, 0.25) is 5.95 Å². The van der Waals surface area contributed by atoms with E-state index in [1.807, 2.05) is 0 Å². The SMILES string of the molecule is [2H]c1c([2H])c([2H])c(-c2nc(-c3c([2H])c([2H])c4c(oc5c([2H])c([2H])c([2H])c(-c6c([2H])c([2H])c([2H])c([2H])c6[2H])c54)c3[2H])nc(-n3c4c([2H])c([2H])c([2H])c([2H])c4c4c([2H])c5c(sc6c([2H])c([2H])c([2H])c([2H])c65)c([2H])c43)n2)c([2H])c1[2H]. The fraction of sp³-hybridized carbons (Fsp3) is 0. The van der Waals surface area contributed by atoms with Crippen molar-refractivity contribution < 1.29 is 40.1 Å². The number of aromatic nitrogens is 4. The van der Waals surface area contributed by atoms with Crippen LogP contribution in [-0.2, 0) is 0 Å². The van der Waals surface area contributed by atoms with E-state index in [4.69, 9.17) is 30.5 Å². The minimum Gasteiger partial charge on any atom is -0.456 e. The van der Waals surface area contributed by atoms with Gasteiger partial charge in [0.15, 0.2) is 11.6 Å². The van der Waals surface area contributed by atoms with E-state index in [0.717, 1.165) is 4.57 Å². The number of fused-ring (bicyclic) bond motifs is 9. The van der Waals surface area contributed by atoms with Gasteiger partial charge in [0.1, 0.15) is 11.2 Å². The first-order valence-corrected chi connectivity index (χ1v) is 15.6. The van der Waals surface area contributed by atoms with Crippen molar-refractivity contribution in [1.29, 1.82) is 0 Å². The Bertz CT molecular complexity index is 4610. The second-order valence-electron chi connectivity index (χ2n) is 10.8. The Hall–Kier alpha value is -6.63. The minimum atomic E-state index is -0.944. The first-order valence-electron chi connectivity index (χ1n) is 27.8. The molecule has 11 rings (SSSR count). The maximum atomic E-state index is 9.77. The summed E-state index contributed by atoms with van der Waals surface area (Å²) in [6, 6.07) is -20.4. The number of hydrogen-bond donors (Lipinski definition) is 0. The zero-order valence-corrected chi connectivity index (χ0v) is 25.9. The second kappa shape index (κ2) is 10.9. The normalized spacial score (nSPS) is 19.1. The van der Waals surface area contributed by atoms with Gasteiger partial charge in [-0.1, -0.05) is 115 Å². The summed E-state index contributed by atoms with van der Waals surface area (Å²) < 4.78 is 237. The van der Waals surface area contributed by atoms with E-state index >= 15 is 0 Å². The van der Waals surface area contributed by atoms with Crippen LogP contribution in [0.3, 0.4) is 0 Å². The highest BCUT2D eigenvalue weighted by Crippen LogP contribution is 2.41. The molecule has 0 aliphatic rings. The number of hydrogen-bond acceptors (Lipinski definition) is 5. The zero-order valence-electron chi connectivity index (χ0n) is 51.1. The van der Waals surface area contributed by atoms with Crippen LogP contribution in [0.15, 0.2) is 162 Å². The summed E-state index contributed by atoms with van der Waals surface area (Å²) in [4.78, 5) is 13.5. The monoisotopic (exact) mass is 696 g/mol. The molecular formula is C45H26N4OS. The van der Waals surface area contributed by atoms with Crippen molar-refractivity contribution in [2.75, 3.05) is 0 Å². The van der Waals surface area contributed by atoms with Gasteiger partial charge < -0.3 is 4.42 Å². The van der Waals surface area contributed by atoms with E-state index in [9.17, 15) is 9.60 Å². The lowest BCUT2D eigenvalue weighted by Crippen LogP contribution is -2.06. The highest BCUT2D eigenvalue weighted by molar-refractivity contribution is 7.25. The van der Waals surface area contributed by atoms with Crippen LogP contribution in [-0.4, -0.2) is 19.5 Å². The van der Waals surface area contributed by atoms with Crippen molar-refractivity contribution in [3.05, 3.63) is 157 Å². The predicted octanol–water partition coefficient (Wildman–Crippen LogP) is 12.2. The minimum absolute atomic E-state index is 0.0571. The lowest BCUT2D eigenvalue weighted by Gasteiger charge is -2.11. The van der Waals surface area contributed by atoms with Crippen molar-refractivity contribution in [2.24, 2.45) is 0 Å². The van der Waals surface area contributed by atoms with Gasteiger partial charge in [-0.05, 0) is 53.4 Å². The Morgan fingerprint density at radius 2 is 1.20 bits per heavy atom. The molecule has 5 nitrogen and oxygen atoms in total. The van der Waals surface area contributed by atoms with Gasteiger partial charge in [0, 0.05) is 52.8 Å². The fourth-order valence-corrected chi connectivity index (χ4v) is 6.83. The van der Waals surface area contributed by atoms with Gasteiger partial charge in [-0.2, -0.15) is 9.97 Å². The van der Waals surface area contributed by atoms with Gasteiger partial charge in [-0.3, -0.25) is 4.57 Å². The molecule has 0 saturated heterocycles. The summed E-state index contributed by atoms with van der Waals surface area (Å²) in [6.45, 7) is 0. The molecule has 0 atom stereocenters. The molecule has 0 amide bonds. The number of para-hydroxylation sites is 1. The molecule has 0 aliphatic heterocycles. The van der Waals surface area contributed by atoms with Crippen LogP contribution < -0.4 is 0 Å². The molecular weight excluding hydrogens is 645 g/mol. The van der Waals surface area contributed by atoms with Crippen molar-refractivity contribution >= 4 is 75.3 Å². The molecule has 4 aromatic heterocycles. The van der Waals surface area contributed by atoms with E-state index in [0.29, 0.717) is 11.3 Å². The summed E-state index contributed by atoms with van der Waals surface area (Å²) in [5, 5.41) is -2.06. The predicted molar refractivity (Wildman–Crippen MR) is 211 cm³/mol. The Morgan fingerprint density at radius 1 is 0.471 bits per heavy atom. The molecule has 7 aromatic carbocycles. The maximum absolute atomic E-state index is 9.77. The number of thiophene rings is 1. The van der Waals surface area contributed by atoms with Gasteiger partial charge >= 0.3 is 0 Å². The average molecular weight is 697 g/mol. The van der Waals surface area contributed by atoms with Crippen molar-refractivity contribution in [3.8, 4) is 39.9 Å². The van der Waals surface area contributed by atoms with E-state index in [1.165, 1.54) is 0 Å².